The Morgan fingerprint density at radius 2 is 0.912 bits per heavy atom. The fourth-order valence-corrected chi connectivity index (χ4v) is 9.84. The molecule has 0 radical (unpaired) electrons. The van der Waals surface area contributed by atoms with E-state index in [1.165, 1.54) is 76.6 Å². The van der Waals surface area contributed by atoms with Gasteiger partial charge in [-0.15, -0.1) is 0 Å². The second kappa shape index (κ2) is 21.6. The number of fused-ring (bicyclic) bond motifs is 2. The minimum atomic E-state index is -1.58. The Labute approximate surface area is 454 Å². The average molecular weight is 1110 g/mol. The highest BCUT2D eigenvalue weighted by Crippen LogP contribution is 2.40. The van der Waals surface area contributed by atoms with Crippen LogP contribution in [0.1, 0.15) is 91.9 Å². The SMILES string of the molecule is COC1C(OC(=O)c2ccc(C)[nH]2)C(O)C(Oc2ccc3c(=O)c(NC(=O)c4ccc(C(=O)Nc5c(O)oc6c(C)c(OC7OC(C)(C)C(OC)C(OC(=O)c8ccc(C)[nH]8)C7O)ccc6c5=O)cc4)c(O)oc3c2C)OC1(C)C. The van der Waals surface area contributed by atoms with Crippen molar-refractivity contribution >= 4 is 57.1 Å². The van der Waals surface area contributed by atoms with Gasteiger partial charge in [0.2, 0.25) is 23.4 Å². The molecule has 8 N–H and O–H groups in total. The lowest BCUT2D eigenvalue weighted by atomic mass is 9.89. The molecule has 6 heterocycles. The van der Waals surface area contributed by atoms with Gasteiger partial charge in [-0.1, -0.05) is 0 Å². The third-order valence-corrected chi connectivity index (χ3v) is 14.0. The fraction of sp³-hybridized carbons (Fsp3) is 0.357. The second-order valence-electron chi connectivity index (χ2n) is 20.4. The molecule has 4 aromatic heterocycles. The van der Waals surface area contributed by atoms with Crippen molar-refractivity contribution in [2.45, 2.75) is 116 Å². The van der Waals surface area contributed by atoms with Gasteiger partial charge in [0.05, 0.1) is 22.0 Å². The first-order valence-electron chi connectivity index (χ1n) is 25.0. The number of hydrogen-bond acceptors (Lipinski definition) is 20. The molecule has 0 bridgehead atoms. The number of nitrogens with one attached hydrogen (secondary N) is 4. The Morgan fingerprint density at radius 1 is 0.550 bits per heavy atom. The second-order valence-corrected chi connectivity index (χ2v) is 20.4. The number of carbonyl (C=O) groups excluding carboxylic acids is 4. The van der Waals surface area contributed by atoms with Gasteiger partial charge in [-0.3, -0.25) is 19.2 Å². The summed E-state index contributed by atoms with van der Waals surface area (Å²) in [4.78, 5) is 86.5. The topological polar surface area (TPSA) is 339 Å². The van der Waals surface area contributed by atoms with Crippen LogP contribution in [0.15, 0.2) is 91.2 Å². The lowest BCUT2D eigenvalue weighted by Crippen LogP contribution is -2.65. The number of rotatable bonds is 14. The molecule has 2 fully saturated rings. The van der Waals surface area contributed by atoms with Crippen LogP contribution in [-0.2, 0) is 28.4 Å². The number of anilines is 2. The molecule has 0 saturated carbocycles. The predicted octanol–water partition coefficient (Wildman–Crippen LogP) is 5.94. The van der Waals surface area contributed by atoms with Crippen LogP contribution in [0.5, 0.6) is 23.4 Å². The van der Waals surface area contributed by atoms with Crippen molar-refractivity contribution in [1.29, 1.82) is 0 Å². The number of aromatic nitrogens is 2. The highest BCUT2D eigenvalue weighted by atomic mass is 16.7. The minimum Gasteiger partial charge on any atom is -0.479 e. The van der Waals surface area contributed by atoms with E-state index >= 15 is 0 Å². The number of methoxy groups -OCH3 is 2. The van der Waals surface area contributed by atoms with Gasteiger partial charge < -0.3 is 87.8 Å². The molecule has 24 nitrogen and oxygen atoms in total. The maximum atomic E-state index is 13.8. The molecule has 3 aromatic carbocycles. The van der Waals surface area contributed by atoms with Crippen molar-refractivity contribution in [1.82, 2.24) is 9.97 Å². The number of benzene rings is 3. The highest BCUT2D eigenvalue weighted by molar-refractivity contribution is 6.08. The van der Waals surface area contributed by atoms with Crippen molar-refractivity contribution in [3.05, 3.63) is 138 Å². The molecule has 0 aliphatic carbocycles. The predicted molar refractivity (Wildman–Crippen MR) is 282 cm³/mol. The Kier molecular flexibility index (Phi) is 15.2. The van der Waals surface area contributed by atoms with Gasteiger partial charge in [-0.25, -0.2) is 9.59 Å². The summed E-state index contributed by atoms with van der Waals surface area (Å²) in [7, 11) is 2.77. The van der Waals surface area contributed by atoms with Crippen LogP contribution in [0.25, 0.3) is 21.9 Å². The fourth-order valence-electron chi connectivity index (χ4n) is 9.84. The highest BCUT2D eigenvalue weighted by Gasteiger charge is 2.55. The average Bonchev–Trinajstić information content (AvgIpc) is 4.18. The molecule has 2 aliphatic rings. The number of esters is 2. The van der Waals surface area contributed by atoms with E-state index in [2.05, 4.69) is 20.6 Å². The number of ether oxygens (including phenoxy) is 8. The molecule has 8 unspecified atom stereocenters. The van der Waals surface area contributed by atoms with Crippen molar-refractivity contribution < 1.29 is 86.3 Å². The summed E-state index contributed by atoms with van der Waals surface area (Å²) in [5.74, 6) is -5.05. The third kappa shape index (κ3) is 10.6. The molecule has 2 saturated heterocycles. The molecule has 24 heteroatoms. The molecule has 422 valence electrons. The maximum absolute atomic E-state index is 13.8. The van der Waals surface area contributed by atoms with E-state index in [0.29, 0.717) is 0 Å². The summed E-state index contributed by atoms with van der Waals surface area (Å²) in [5, 5.41) is 49.4. The van der Waals surface area contributed by atoms with Gasteiger partial charge in [0.25, 0.3) is 11.8 Å². The van der Waals surface area contributed by atoms with Crippen LogP contribution in [0.2, 0.25) is 0 Å². The van der Waals surface area contributed by atoms with Crippen LogP contribution in [-0.4, -0.2) is 129 Å². The first-order valence-corrected chi connectivity index (χ1v) is 25.0. The van der Waals surface area contributed by atoms with E-state index in [-0.39, 0.29) is 67.1 Å². The number of aromatic amines is 2. The zero-order valence-electron chi connectivity index (χ0n) is 44.9. The van der Waals surface area contributed by atoms with Crippen LogP contribution < -0.4 is 31.0 Å². The summed E-state index contributed by atoms with van der Waals surface area (Å²) in [6, 6.07) is 16.8. The van der Waals surface area contributed by atoms with Crippen molar-refractivity contribution in [2.24, 2.45) is 0 Å². The zero-order chi connectivity index (χ0) is 57.9. The number of amides is 2. The van der Waals surface area contributed by atoms with Gasteiger partial charge in [0.1, 0.15) is 46.3 Å². The quantitative estimate of drug-likeness (QED) is 0.0584. The third-order valence-electron chi connectivity index (χ3n) is 14.0. The number of aryl methyl sites for hydroxylation is 4. The summed E-state index contributed by atoms with van der Waals surface area (Å²) >= 11 is 0. The summed E-state index contributed by atoms with van der Waals surface area (Å²) in [6.45, 7) is 13.2. The van der Waals surface area contributed by atoms with E-state index in [1.807, 2.05) is 0 Å². The number of H-pyrrole nitrogens is 2. The van der Waals surface area contributed by atoms with E-state index < -0.39 is 118 Å². The standard InChI is InChI=1S/C56H58N4O20/c1-23-11-19-31(57-23)49(67)77-43-39(63)53(79-55(5,6)45(43)71-9)73-33-21-17-29-37(61)35(51(69)75-41(29)25(33)3)59-47(65)27-13-15-28(16-14-27)48(66)60-36-38(62)30-18-22-34(26(4)42(30)76-52(36)70)74-54-40(64)44(46(72-10)56(7,8)80-54)78-50(68)32-20-12-24(2)58-32/h11-22,39-40,43-46,53-54,57-58,63-64,69-70H,1-10H3,(H,59,65)(H,60,66). The number of carbonyl (C=O) groups is 4. The first-order chi connectivity index (χ1) is 37.8. The molecule has 2 aliphatic heterocycles. The van der Waals surface area contributed by atoms with Gasteiger partial charge in [-0.05, 0) is 128 Å². The zero-order valence-corrected chi connectivity index (χ0v) is 44.9. The first kappa shape index (κ1) is 56.2. The Bertz CT molecular complexity index is 3450. The Balaban J connectivity index is 0.866. The molecular formula is C56H58N4O20. The van der Waals surface area contributed by atoms with Crippen LogP contribution in [0.4, 0.5) is 11.4 Å². The molecule has 7 aromatic rings. The Morgan fingerprint density at radius 3 is 1.24 bits per heavy atom. The molecular weight excluding hydrogens is 1050 g/mol. The van der Waals surface area contributed by atoms with Crippen LogP contribution >= 0.6 is 0 Å². The van der Waals surface area contributed by atoms with Crippen molar-refractivity contribution in [3.8, 4) is 23.4 Å². The molecule has 9 rings (SSSR count). The molecule has 8 atom stereocenters. The van der Waals surface area contributed by atoms with Gasteiger partial charge in [0, 0.05) is 47.9 Å². The monoisotopic (exact) mass is 1110 g/mol. The number of hydrogen-bond donors (Lipinski definition) is 8. The van der Waals surface area contributed by atoms with E-state index in [9.17, 15) is 49.2 Å². The van der Waals surface area contributed by atoms with Crippen LogP contribution in [0.3, 0.4) is 0 Å². The Hall–Kier alpha value is -8.52. The number of aliphatic hydroxyl groups excluding tert-OH is 2. The van der Waals surface area contributed by atoms with E-state index in [4.69, 9.17) is 46.7 Å². The lowest BCUT2D eigenvalue weighted by Gasteiger charge is -2.47. The lowest BCUT2D eigenvalue weighted by molar-refractivity contribution is -0.305. The van der Waals surface area contributed by atoms with Gasteiger partial charge in [0.15, 0.2) is 35.8 Å². The van der Waals surface area contributed by atoms with Crippen molar-refractivity contribution in [3.63, 3.8) is 0 Å². The summed E-state index contributed by atoms with van der Waals surface area (Å²) < 4.78 is 58.4. The maximum Gasteiger partial charge on any atom is 0.355 e. The van der Waals surface area contributed by atoms with Gasteiger partial charge >= 0.3 is 23.8 Å². The molecule has 0 spiro atoms. The van der Waals surface area contributed by atoms with E-state index in [1.54, 1.807) is 65.8 Å². The summed E-state index contributed by atoms with van der Waals surface area (Å²) in [5.41, 5.74) is -3.47. The number of aromatic hydroxyl groups is 2. The summed E-state index contributed by atoms with van der Waals surface area (Å²) in [6.07, 6.45) is -10.4. The smallest absolute Gasteiger partial charge is 0.355 e. The normalized spacial score (nSPS) is 22.4. The largest absolute Gasteiger partial charge is 0.479 e. The van der Waals surface area contributed by atoms with Crippen LogP contribution in [0, 0.1) is 27.7 Å². The van der Waals surface area contributed by atoms with Gasteiger partial charge in [-0.2, -0.15) is 0 Å². The minimum absolute atomic E-state index is 0.0633. The molecule has 2 amide bonds. The molecule has 80 heavy (non-hydrogen) atoms. The van der Waals surface area contributed by atoms with Crippen molar-refractivity contribution in [2.75, 3.05) is 24.9 Å². The van der Waals surface area contributed by atoms with E-state index in [0.717, 1.165) is 11.4 Å². The number of aliphatic hydroxyl groups is 2.